The molecule has 0 saturated heterocycles. The average molecular weight is 272 g/mol. The Bertz CT molecular complexity index is 680. The van der Waals surface area contributed by atoms with Crippen molar-refractivity contribution in [2.45, 2.75) is 0 Å². The SMILES string of the molecule is N#C/C(=C/c1ccc(-c2ccc(F)cc2)o1)C(N)=S. The van der Waals surface area contributed by atoms with E-state index in [-0.39, 0.29) is 16.4 Å². The molecule has 0 aliphatic rings. The van der Waals surface area contributed by atoms with Crippen LogP contribution in [0.2, 0.25) is 0 Å². The van der Waals surface area contributed by atoms with Crippen LogP contribution in [0.25, 0.3) is 17.4 Å². The lowest BCUT2D eigenvalue weighted by Crippen LogP contribution is -2.09. The fourth-order valence-corrected chi connectivity index (χ4v) is 1.61. The van der Waals surface area contributed by atoms with Crippen LogP contribution < -0.4 is 5.73 Å². The summed E-state index contributed by atoms with van der Waals surface area (Å²) in [5.41, 5.74) is 6.31. The number of hydrogen-bond acceptors (Lipinski definition) is 3. The van der Waals surface area contributed by atoms with Gasteiger partial charge >= 0.3 is 0 Å². The predicted octanol–water partition coefficient (Wildman–Crippen LogP) is 3.28. The van der Waals surface area contributed by atoms with Gasteiger partial charge in [-0.15, -0.1) is 0 Å². The fourth-order valence-electron chi connectivity index (χ4n) is 1.50. The zero-order chi connectivity index (χ0) is 13.8. The highest BCUT2D eigenvalue weighted by atomic mass is 32.1. The van der Waals surface area contributed by atoms with E-state index in [2.05, 4.69) is 0 Å². The molecule has 2 N–H and O–H groups in total. The third kappa shape index (κ3) is 3.06. The van der Waals surface area contributed by atoms with E-state index >= 15 is 0 Å². The molecule has 94 valence electrons. The monoisotopic (exact) mass is 272 g/mol. The molecule has 5 heteroatoms. The summed E-state index contributed by atoms with van der Waals surface area (Å²) < 4.78 is 18.3. The van der Waals surface area contributed by atoms with Gasteiger partial charge in [-0.3, -0.25) is 0 Å². The number of rotatable bonds is 3. The van der Waals surface area contributed by atoms with Crippen molar-refractivity contribution in [2.24, 2.45) is 5.73 Å². The van der Waals surface area contributed by atoms with Crippen molar-refractivity contribution in [1.29, 1.82) is 5.26 Å². The summed E-state index contributed by atoms with van der Waals surface area (Å²) in [6, 6.07) is 11.2. The molecule has 0 bridgehead atoms. The number of furan rings is 1. The van der Waals surface area contributed by atoms with Gasteiger partial charge in [-0.05, 0) is 36.4 Å². The van der Waals surface area contributed by atoms with E-state index in [9.17, 15) is 4.39 Å². The Kier molecular flexibility index (Phi) is 3.74. The molecule has 1 aromatic heterocycles. The second kappa shape index (κ2) is 5.46. The maximum atomic E-state index is 12.8. The number of nitrogens with two attached hydrogens (primary N) is 1. The van der Waals surface area contributed by atoms with Crippen molar-refractivity contribution in [3.05, 3.63) is 53.5 Å². The van der Waals surface area contributed by atoms with Crippen molar-refractivity contribution in [1.82, 2.24) is 0 Å². The van der Waals surface area contributed by atoms with E-state index < -0.39 is 0 Å². The minimum absolute atomic E-state index is 0.0160. The Hall–Kier alpha value is -2.45. The van der Waals surface area contributed by atoms with Gasteiger partial charge in [0.1, 0.15) is 28.4 Å². The highest BCUT2D eigenvalue weighted by molar-refractivity contribution is 7.80. The smallest absolute Gasteiger partial charge is 0.134 e. The minimum atomic E-state index is -0.310. The zero-order valence-corrected chi connectivity index (χ0v) is 10.6. The van der Waals surface area contributed by atoms with Crippen molar-refractivity contribution < 1.29 is 8.81 Å². The Labute approximate surface area is 114 Å². The molecule has 0 aliphatic heterocycles. The van der Waals surface area contributed by atoms with Crippen LogP contribution in [-0.4, -0.2) is 4.99 Å². The second-order valence-electron chi connectivity index (χ2n) is 3.74. The third-order valence-electron chi connectivity index (χ3n) is 2.43. The van der Waals surface area contributed by atoms with Crippen LogP contribution in [0.5, 0.6) is 0 Å². The normalized spacial score (nSPS) is 11.1. The van der Waals surface area contributed by atoms with Crippen LogP contribution in [0.15, 0.2) is 46.4 Å². The molecular formula is C14H9FN2OS. The van der Waals surface area contributed by atoms with Gasteiger partial charge in [0.15, 0.2) is 0 Å². The number of thiocarbonyl (C=S) groups is 1. The number of benzene rings is 1. The summed E-state index contributed by atoms with van der Waals surface area (Å²) >= 11 is 4.73. The van der Waals surface area contributed by atoms with Gasteiger partial charge in [0, 0.05) is 11.6 Å². The molecule has 0 atom stereocenters. The number of halogens is 1. The van der Waals surface area contributed by atoms with Gasteiger partial charge in [0.25, 0.3) is 0 Å². The van der Waals surface area contributed by atoms with Gasteiger partial charge in [-0.2, -0.15) is 5.26 Å². The number of nitrogens with zero attached hydrogens (tertiary/aromatic N) is 1. The first-order valence-corrected chi connectivity index (χ1v) is 5.78. The Morgan fingerprint density at radius 3 is 2.53 bits per heavy atom. The molecule has 2 aromatic rings. The predicted molar refractivity (Wildman–Crippen MR) is 74.5 cm³/mol. The molecule has 2 rings (SSSR count). The molecular weight excluding hydrogens is 263 g/mol. The van der Waals surface area contributed by atoms with Gasteiger partial charge < -0.3 is 10.2 Å². The van der Waals surface area contributed by atoms with Crippen molar-refractivity contribution >= 4 is 23.3 Å². The van der Waals surface area contributed by atoms with Crippen LogP contribution in [0, 0.1) is 17.1 Å². The Morgan fingerprint density at radius 1 is 1.26 bits per heavy atom. The summed E-state index contributed by atoms with van der Waals surface area (Å²) in [4.78, 5) is 0.0160. The highest BCUT2D eigenvalue weighted by Crippen LogP contribution is 2.23. The Balaban J connectivity index is 2.32. The largest absolute Gasteiger partial charge is 0.457 e. The van der Waals surface area contributed by atoms with E-state index in [0.29, 0.717) is 11.5 Å². The molecule has 1 aromatic carbocycles. The molecule has 3 nitrogen and oxygen atoms in total. The van der Waals surface area contributed by atoms with Crippen molar-refractivity contribution in [3.63, 3.8) is 0 Å². The second-order valence-corrected chi connectivity index (χ2v) is 4.18. The van der Waals surface area contributed by atoms with E-state index in [4.69, 9.17) is 27.6 Å². The summed E-state index contributed by atoms with van der Waals surface area (Å²) in [6.45, 7) is 0. The molecule has 0 fully saturated rings. The van der Waals surface area contributed by atoms with Crippen LogP contribution >= 0.6 is 12.2 Å². The van der Waals surface area contributed by atoms with E-state index in [1.54, 1.807) is 24.3 Å². The first-order chi connectivity index (χ1) is 9.10. The molecule has 0 unspecified atom stereocenters. The summed E-state index contributed by atoms with van der Waals surface area (Å²) in [5.74, 6) is 0.728. The molecule has 0 amide bonds. The van der Waals surface area contributed by atoms with Gasteiger partial charge in [0.2, 0.25) is 0 Å². The first kappa shape index (κ1) is 13.0. The number of hydrogen-bond donors (Lipinski definition) is 1. The Morgan fingerprint density at radius 2 is 1.95 bits per heavy atom. The lowest BCUT2D eigenvalue weighted by molar-refractivity contribution is 0.571. The third-order valence-corrected chi connectivity index (χ3v) is 2.65. The molecule has 0 aliphatic carbocycles. The molecule has 0 spiro atoms. The van der Waals surface area contributed by atoms with Gasteiger partial charge in [-0.1, -0.05) is 12.2 Å². The van der Waals surface area contributed by atoms with Crippen LogP contribution in [0.1, 0.15) is 5.76 Å². The summed E-state index contributed by atoms with van der Waals surface area (Å²) in [5, 5.41) is 8.84. The lowest BCUT2D eigenvalue weighted by atomic mass is 10.2. The fraction of sp³-hybridized carbons (Fsp3) is 0. The molecule has 0 saturated carbocycles. The zero-order valence-electron chi connectivity index (χ0n) is 9.76. The van der Waals surface area contributed by atoms with Crippen LogP contribution in [0.3, 0.4) is 0 Å². The quantitative estimate of drug-likeness (QED) is 0.529. The molecule has 19 heavy (non-hydrogen) atoms. The van der Waals surface area contributed by atoms with Crippen molar-refractivity contribution in [3.8, 4) is 17.4 Å². The van der Waals surface area contributed by atoms with Crippen molar-refractivity contribution in [2.75, 3.05) is 0 Å². The van der Waals surface area contributed by atoms with E-state index in [0.717, 1.165) is 5.56 Å². The molecule has 0 radical (unpaired) electrons. The molecule has 1 heterocycles. The maximum absolute atomic E-state index is 12.8. The number of nitriles is 1. The lowest BCUT2D eigenvalue weighted by Gasteiger charge is -1.96. The highest BCUT2D eigenvalue weighted by Gasteiger charge is 2.06. The summed E-state index contributed by atoms with van der Waals surface area (Å²) in [7, 11) is 0. The minimum Gasteiger partial charge on any atom is -0.457 e. The standard InChI is InChI=1S/C14H9FN2OS/c15-11-3-1-9(2-4-11)13-6-5-12(18-13)7-10(8-16)14(17)19/h1-7H,(H2,17,19)/b10-7-. The topological polar surface area (TPSA) is 63.0 Å². The van der Waals surface area contributed by atoms with Gasteiger partial charge in [0.05, 0.1) is 5.57 Å². The van der Waals surface area contributed by atoms with Crippen LogP contribution in [0.4, 0.5) is 4.39 Å². The van der Waals surface area contributed by atoms with E-state index in [1.165, 1.54) is 18.2 Å². The summed E-state index contributed by atoms with van der Waals surface area (Å²) in [6.07, 6.45) is 1.47. The van der Waals surface area contributed by atoms with E-state index in [1.807, 2.05) is 6.07 Å². The average Bonchev–Trinajstić information content (AvgIpc) is 2.85. The maximum Gasteiger partial charge on any atom is 0.134 e. The van der Waals surface area contributed by atoms with Crippen LogP contribution in [-0.2, 0) is 0 Å². The first-order valence-electron chi connectivity index (χ1n) is 5.37. The van der Waals surface area contributed by atoms with Gasteiger partial charge in [-0.25, -0.2) is 4.39 Å².